The third kappa shape index (κ3) is 6.67. The summed E-state index contributed by atoms with van der Waals surface area (Å²) in [4.78, 5) is 25.0. The first kappa shape index (κ1) is 31.0. The van der Waals surface area contributed by atoms with Crippen molar-refractivity contribution in [2.45, 2.75) is 18.9 Å². The van der Waals surface area contributed by atoms with Crippen LogP contribution in [0.5, 0.6) is 5.75 Å². The number of nitrogens with two attached hydrogens (primary N) is 1. The van der Waals surface area contributed by atoms with Crippen molar-refractivity contribution in [1.29, 1.82) is 0 Å². The molecule has 1 amide bonds. The van der Waals surface area contributed by atoms with Crippen molar-refractivity contribution in [2.24, 2.45) is 0 Å². The van der Waals surface area contributed by atoms with Crippen molar-refractivity contribution in [2.75, 3.05) is 89.4 Å². The van der Waals surface area contributed by atoms with Gasteiger partial charge in [-0.25, -0.2) is 17.9 Å². The van der Waals surface area contributed by atoms with Crippen LogP contribution in [0.1, 0.15) is 28.2 Å². The maximum atomic E-state index is 13.5. The van der Waals surface area contributed by atoms with Crippen molar-refractivity contribution in [3.63, 3.8) is 0 Å². The Hall–Kier alpha value is -2.95. The van der Waals surface area contributed by atoms with Gasteiger partial charge in [0.2, 0.25) is 10.0 Å². The van der Waals surface area contributed by atoms with Crippen LogP contribution in [-0.2, 0) is 10.0 Å². The maximum Gasteiger partial charge on any atom is 0.265 e. The van der Waals surface area contributed by atoms with Gasteiger partial charge >= 0.3 is 0 Å². The van der Waals surface area contributed by atoms with Gasteiger partial charge in [0.1, 0.15) is 29.1 Å². The Morgan fingerprint density at radius 1 is 1.23 bits per heavy atom. The zero-order valence-electron chi connectivity index (χ0n) is 24.9. The number of rotatable bonds is 9. The second-order valence-electron chi connectivity index (χ2n) is 11.6. The standard InChI is InChI=1S/C28H38ClN9O4S2/c1-34-8-10-35(11-9-34)12-13-42-23-15-24(29)43-26(23)28(39)33-20-4-3-6-36(17-20)22-14-21(38-25(22)27(30)31-18-32-38)19-5-7-37(16-19)44(2,40)41/h5,14-15,18,20H,3-4,6-13,16-17H2,1-2H3,(H,33,39)(H2,30,31,32)/t20-/m1/s1. The molecule has 0 unspecified atom stereocenters. The Kier molecular flexibility index (Phi) is 9.04. The number of nitrogens with one attached hydrogen (secondary N) is 1. The molecule has 0 bridgehead atoms. The van der Waals surface area contributed by atoms with Gasteiger partial charge in [0, 0.05) is 71.0 Å². The molecule has 0 aromatic carbocycles. The molecule has 0 spiro atoms. The summed E-state index contributed by atoms with van der Waals surface area (Å²) in [5.41, 5.74) is 9.49. The summed E-state index contributed by atoms with van der Waals surface area (Å²) in [6.07, 6.45) is 6.19. The van der Waals surface area contributed by atoms with E-state index in [0.717, 1.165) is 69.1 Å². The van der Waals surface area contributed by atoms with E-state index in [2.05, 4.69) is 37.1 Å². The number of hydrogen-bond acceptors (Lipinski definition) is 11. The number of likely N-dealkylation sites (N-methyl/N-ethyl adjacent to an activating group) is 1. The molecular formula is C28H38ClN9O4S2. The van der Waals surface area contributed by atoms with Gasteiger partial charge in [-0.05, 0) is 31.5 Å². The smallest absolute Gasteiger partial charge is 0.265 e. The number of nitrogen functional groups attached to an aromatic ring is 1. The van der Waals surface area contributed by atoms with E-state index in [9.17, 15) is 13.2 Å². The molecule has 2 saturated heterocycles. The molecule has 3 N–H and O–H groups in total. The minimum Gasteiger partial charge on any atom is -0.490 e. The number of hydrogen-bond donors (Lipinski definition) is 2. The molecule has 0 aliphatic carbocycles. The highest BCUT2D eigenvalue weighted by Crippen LogP contribution is 2.36. The lowest BCUT2D eigenvalue weighted by molar-refractivity contribution is 0.0931. The van der Waals surface area contributed by atoms with Crippen molar-refractivity contribution in [1.82, 2.24) is 34.0 Å². The number of sulfonamides is 1. The minimum absolute atomic E-state index is 0.119. The summed E-state index contributed by atoms with van der Waals surface area (Å²) in [5.74, 6) is 0.642. The lowest BCUT2D eigenvalue weighted by Gasteiger charge is -2.34. The summed E-state index contributed by atoms with van der Waals surface area (Å²) >= 11 is 7.55. The maximum absolute atomic E-state index is 13.5. The number of aromatic nitrogens is 3. The number of halogens is 1. The molecule has 6 rings (SSSR count). The van der Waals surface area contributed by atoms with E-state index in [4.69, 9.17) is 22.1 Å². The SMILES string of the molecule is CN1CCN(CCOc2cc(Cl)sc2C(=O)N[C@@H]2CCCN(c3cc(C4=CCN(S(C)(=O)=O)C4)n4ncnc(N)c34)C2)CC1. The van der Waals surface area contributed by atoms with Crippen molar-refractivity contribution >= 4 is 61.5 Å². The third-order valence-corrected chi connectivity index (χ3v) is 10.9. The van der Waals surface area contributed by atoms with Crippen LogP contribution >= 0.6 is 22.9 Å². The minimum atomic E-state index is -3.33. The molecule has 0 radical (unpaired) electrons. The third-order valence-electron chi connectivity index (χ3n) is 8.48. The number of amides is 1. The molecule has 16 heteroatoms. The van der Waals surface area contributed by atoms with E-state index < -0.39 is 10.0 Å². The number of piperidine rings is 1. The Balaban J connectivity index is 1.14. The molecule has 0 saturated carbocycles. The average Bonchev–Trinajstić information content (AvgIpc) is 3.72. The van der Waals surface area contributed by atoms with Crippen molar-refractivity contribution in [3.8, 4) is 5.75 Å². The van der Waals surface area contributed by atoms with Gasteiger partial charge < -0.3 is 25.6 Å². The predicted molar refractivity (Wildman–Crippen MR) is 173 cm³/mol. The highest BCUT2D eigenvalue weighted by Gasteiger charge is 2.30. The second-order valence-corrected chi connectivity index (χ2v) is 15.3. The first-order valence-electron chi connectivity index (χ1n) is 14.7. The monoisotopic (exact) mass is 663 g/mol. The fourth-order valence-corrected chi connectivity index (χ4v) is 7.80. The number of thiophene rings is 1. The first-order chi connectivity index (χ1) is 21.1. The van der Waals surface area contributed by atoms with Gasteiger partial charge in [-0.2, -0.15) is 9.40 Å². The Labute approximate surface area is 266 Å². The van der Waals surface area contributed by atoms with E-state index in [-0.39, 0.29) is 18.5 Å². The predicted octanol–water partition coefficient (Wildman–Crippen LogP) is 1.71. The van der Waals surface area contributed by atoms with Gasteiger partial charge in [0.15, 0.2) is 5.82 Å². The molecule has 44 heavy (non-hydrogen) atoms. The van der Waals surface area contributed by atoms with Crippen LogP contribution in [0.15, 0.2) is 24.5 Å². The fraction of sp³-hybridized carbons (Fsp3) is 0.536. The molecule has 6 heterocycles. The van der Waals surface area contributed by atoms with Crippen LogP contribution in [0.25, 0.3) is 11.1 Å². The number of fused-ring (bicyclic) bond motifs is 1. The van der Waals surface area contributed by atoms with Gasteiger partial charge in [0.25, 0.3) is 5.91 Å². The zero-order chi connectivity index (χ0) is 31.0. The molecular weight excluding hydrogens is 626 g/mol. The topological polar surface area (TPSA) is 142 Å². The van der Waals surface area contributed by atoms with E-state index >= 15 is 0 Å². The summed E-state index contributed by atoms with van der Waals surface area (Å²) < 4.78 is 34.0. The lowest BCUT2D eigenvalue weighted by Crippen LogP contribution is -2.47. The molecule has 13 nitrogen and oxygen atoms in total. The molecule has 3 aromatic heterocycles. The highest BCUT2D eigenvalue weighted by molar-refractivity contribution is 7.88. The number of piperazine rings is 1. The van der Waals surface area contributed by atoms with Crippen LogP contribution < -0.4 is 20.7 Å². The number of ether oxygens (including phenoxy) is 1. The summed E-state index contributed by atoms with van der Waals surface area (Å²) in [6, 6.07) is 3.59. The van der Waals surface area contributed by atoms with Gasteiger partial charge in [-0.1, -0.05) is 17.7 Å². The summed E-state index contributed by atoms with van der Waals surface area (Å²) in [5, 5.41) is 7.66. The molecule has 2 fully saturated rings. The van der Waals surface area contributed by atoms with Crippen LogP contribution in [0, 0.1) is 0 Å². The quantitative estimate of drug-likeness (QED) is 0.348. The van der Waals surface area contributed by atoms with Crippen LogP contribution in [0.2, 0.25) is 4.34 Å². The Bertz CT molecular complexity index is 1670. The van der Waals surface area contributed by atoms with Crippen LogP contribution in [-0.4, -0.2) is 128 Å². The van der Waals surface area contributed by atoms with Crippen LogP contribution in [0.3, 0.4) is 0 Å². The number of nitrogens with zero attached hydrogens (tertiary/aromatic N) is 7. The van der Waals surface area contributed by atoms with Gasteiger partial charge in [-0.15, -0.1) is 11.3 Å². The number of anilines is 2. The molecule has 3 aliphatic heterocycles. The van der Waals surface area contributed by atoms with Crippen molar-refractivity contribution < 1.29 is 17.9 Å². The molecule has 238 valence electrons. The number of carbonyl (C=O) groups excluding carboxylic acids is 1. The van der Waals surface area contributed by atoms with Crippen molar-refractivity contribution in [3.05, 3.63) is 39.4 Å². The average molecular weight is 664 g/mol. The Morgan fingerprint density at radius 2 is 2.02 bits per heavy atom. The van der Waals surface area contributed by atoms with Crippen LogP contribution in [0.4, 0.5) is 11.5 Å². The van der Waals surface area contributed by atoms with Gasteiger partial charge in [0.05, 0.1) is 22.0 Å². The largest absolute Gasteiger partial charge is 0.490 e. The van der Waals surface area contributed by atoms with E-state index in [0.29, 0.717) is 46.0 Å². The second kappa shape index (κ2) is 12.8. The van der Waals surface area contributed by atoms with E-state index in [1.165, 1.54) is 28.2 Å². The van der Waals surface area contributed by atoms with E-state index in [1.54, 1.807) is 10.6 Å². The fourth-order valence-electron chi connectivity index (χ4n) is 6.02. The molecule has 3 aliphatic rings. The normalized spacial score (nSPS) is 20.8. The zero-order valence-corrected chi connectivity index (χ0v) is 27.3. The number of carbonyl (C=O) groups is 1. The first-order valence-corrected chi connectivity index (χ1v) is 17.8. The highest BCUT2D eigenvalue weighted by atomic mass is 35.5. The summed E-state index contributed by atoms with van der Waals surface area (Å²) in [7, 11) is -1.20. The lowest BCUT2D eigenvalue weighted by atomic mass is 10.0. The summed E-state index contributed by atoms with van der Waals surface area (Å²) in [6.45, 7) is 7.26. The van der Waals surface area contributed by atoms with Gasteiger partial charge in [-0.3, -0.25) is 9.69 Å². The molecule has 1 atom stereocenters. The Morgan fingerprint density at radius 3 is 2.77 bits per heavy atom. The molecule has 3 aromatic rings. The van der Waals surface area contributed by atoms with E-state index in [1.807, 2.05) is 12.1 Å².